The smallest absolute Gasteiger partial charge is 0.318 e. The minimum absolute atomic E-state index is 0.00773. The van der Waals surface area contributed by atoms with E-state index in [0.717, 1.165) is 67.2 Å². The van der Waals surface area contributed by atoms with Crippen molar-refractivity contribution in [2.24, 2.45) is 33.5 Å². The van der Waals surface area contributed by atoms with Gasteiger partial charge in [-0.05, 0) is 98.7 Å². The van der Waals surface area contributed by atoms with Gasteiger partial charge in [0.2, 0.25) is 0 Å². The van der Waals surface area contributed by atoms with Gasteiger partial charge in [0.15, 0.2) is 5.78 Å². The highest BCUT2D eigenvalue weighted by molar-refractivity contribution is 6.10. The van der Waals surface area contributed by atoms with Crippen LogP contribution in [0.2, 0.25) is 0 Å². The molecule has 4 fully saturated rings. The van der Waals surface area contributed by atoms with E-state index in [0.29, 0.717) is 31.6 Å². The normalized spacial score (nSPS) is 37.2. The highest BCUT2D eigenvalue weighted by atomic mass is 16.5. The van der Waals surface area contributed by atoms with Crippen molar-refractivity contribution in [3.8, 4) is 11.1 Å². The summed E-state index contributed by atoms with van der Waals surface area (Å²) in [6, 6.07) is 27.9. The SMILES string of the molecule is C[C@@H](NC(=O)N(C[C@H]1CCCO1)C[C@]1(O)CC[C@H]2[C@]34C=C[C@@]5(C=C3C(=O)c3ccc(-c6ccccc6)cc3)CC(O)CC[C@]5(C)[C@H]4CC[C@@]21C)c1ccccc1. The molecular formula is C49H58N2O5. The summed E-state index contributed by atoms with van der Waals surface area (Å²) in [5.41, 5.74) is 1.89. The second-order valence-corrected chi connectivity index (χ2v) is 18.7. The number of Topliss-reactive ketones (excluding diaryl/α,β-unsaturated/α-hetero) is 1. The number of urea groups is 1. The van der Waals surface area contributed by atoms with E-state index in [-0.39, 0.29) is 47.8 Å². The summed E-state index contributed by atoms with van der Waals surface area (Å²) >= 11 is 0. The molecule has 7 heteroatoms. The quantitative estimate of drug-likeness (QED) is 0.150. The fourth-order valence-electron chi connectivity index (χ4n) is 12.9. The largest absolute Gasteiger partial charge is 0.393 e. The van der Waals surface area contributed by atoms with Crippen LogP contribution in [0.3, 0.4) is 0 Å². The molecule has 2 spiro atoms. The van der Waals surface area contributed by atoms with Gasteiger partial charge in [0.25, 0.3) is 0 Å². The first-order valence-electron chi connectivity index (χ1n) is 21.2. The number of nitrogens with zero attached hydrogens (tertiary/aromatic N) is 1. The topological polar surface area (TPSA) is 99.1 Å². The number of amides is 2. The van der Waals surface area contributed by atoms with Crippen molar-refractivity contribution in [1.82, 2.24) is 10.2 Å². The standard InChI is InChI=1S/C49H58N2O5/c1-33(34-11-6-4-7-12-34)50-44(54)51(31-39-15-10-28-56-39)32-48(55)25-22-42-46(48,3)24-21-41-45(2)23-20-38(52)29-47(45)26-27-49(41,42)40(30-47)43(53)37-18-16-36(17-19-37)35-13-8-5-9-14-35/h4-9,11-14,16-19,26-27,30,33,38-39,41-42,52,55H,10,15,20-25,28-29,31-32H2,1-3H3,(H,50,54)/t33-,38?,39-,41-,42-,45-,46+,47+,48-,49-/m1/s1. The number of rotatable bonds is 9. The second-order valence-electron chi connectivity index (χ2n) is 18.7. The molecule has 0 aromatic heterocycles. The van der Waals surface area contributed by atoms with E-state index in [1.54, 1.807) is 0 Å². The number of nitrogens with one attached hydrogen (secondary N) is 1. The number of fused-ring (bicyclic) bond motifs is 1. The molecule has 0 radical (unpaired) electrons. The zero-order chi connectivity index (χ0) is 38.9. The van der Waals surface area contributed by atoms with Gasteiger partial charge < -0.3 is 25.2 Å². The van der Waals surface area contributed by atoms with Gasteiger partial charge in [-0.25, -0.2) is 4.79 Å². The predicted octanol–water partition coefficient (Wildman–Crippen LogP) is 9.08. The molecule has 1 aliphatic heterocycles. The van der Waals surface area contributed by atoms with E-state index < -0.39 is 27.9 Å². The first-order valence-corrected chi connectivity index (χ1v) is 21.2. The first kappa shape index (κ1) is 37.5. The Morgan fingerprint density at radius 3 is 2.21 bits per heavy atom. The summed E-state index contributed by atoms with van der Waals surface area (Å²) in [4.78, 5) is 31.3. The molecule has 294 valence electrons. The lowest BCUT2D eigenvalue weighted by Gasteiger charge is -2.71. The van der Waals surface area contributed by atoms with Crippen LogP contribution in [0.1, 0.15) is 101 Å². The van der Waals surface area contributed by atoms with E-state index in [4.69, 9.17) is 4.74 Å². The number of ether oxygens (including phenoxy) is 1. The Morgan fingerprint density at radius 1 is 0.839 bits per heavy atom. The zero-order valence-corrected chi connectivity index (χ0v) is 33.3. The van der Waals surface area contributed by atoms with Gasteiger partial charge in [-0.3, -0.25) is 4.79 Å². The van der Waals surface area contributed by atoms with Gasteiger partial charge in [0.1, 0.15) is 0 Å². The molecule has 3 saturated carbocycles. The third kappa shape index (κ3) is 5.70. The molecule has 1 saturated heterocycles. The van der Waals surface area contributed by atoms with Crippen LogP contribution in [0.15, 0.2) is 109 Å². The Bertz CT molecular complexity index is 2030. The number of benzene rings is 3. The van der Waals surface area contributed by atoms with Crippen LogP contribution in [0.25, 0.3) is 11.1 Å². The molecule has 56 heavy (non-hydrogen) atoms. The van der Waals surface area contributed by atoms with Crippen LogP contribution >= 0.6 is 0 Å². The molecule has 2 amide bonds. The van der Waals surface area contributed by atoms with E-state index in [2.05, 4.69) is 49.5 Å². The molecule has 10 atom stereocenters. The highest BCUT2D eigenvalue weighted by Crippen LogP contribution is 2.78. The molecule has 3 aromatic rings. The number of aliphatic hydroxyl groups excluding tert-OH is 1. The van der Waals surface area contributed by atoms with Gasteiger partial charge in [0, 0.05) is 40.5 Å². The maximum absolute atomic E-state index is 15.2. The lowest BCUT2D eigenvalue weighted by molar-refractivity contribution is -0.175. The Labute approximate surface area is 332 Å². The van der Waals surface area contributed by atoms with E-state index >= 15 is 4.79 Å². The third-order valence-electron chi connectivity index (χ3n) is 16.0. The lowest BCUT2D eigenvalue weighted by atomic mass is 9.32. The highest BCUT2D eigenvalue weighted by Gasteiger charge is 2.74. The van der Waals surface area contributed by atoms with Crippen LogP contribution in [-0.4, -0.2) is 64.4 Å². The monoisotopic (exact) mass is 754 g/mol. The van der Waals surface area contributed by atoms with Crippen LogP contribution < -0.4 is 5.32 Å². The molecule has 1 unspecified atom stereocenters. The molecule has 2 bridgehead atoms. The average Bonchev–Trinajstić information content (AvgIpc) is 3.83. The summed E-state index contributed by atoms with van der Waals surface area (Å²) in [6.45, 7) is 7.99. The molecular weight excluding hydrogens is 697 g/mol. The summed E-state index contributed by atoms with van der Waals surface area (Å²) < 4.78 is 6.07. The van der Waals surface area contributed by atoms with Crippen LogP contribution in [0.4, 0.5) is 4.79 Å². The van der Waals surface area contributed by atoms with E-state index in [9.17, 15) is 15.0 Å². The number of allylic oxidation sites excluding steroid dienone is 4. The van der Waals surface area contributed by atoms with E-state index in [1.165, 1.54) is 0 Å². The number of carbonyl (C=O) groups is 2. The maximum atomic E-state index is 15.2. The molecule has 7 aliphatic rings. The van der Waals surface area contributed by atoms with Gasteiger partial charge >= 0.3 is 6.03 Å². The number of hydrogen-bond donors (Lipinski definition) is 3. The maximum Gasteiger partial charge on any atom is 0.318 e. The molecule has 1 heterocycles. The Morgan fingerprint density at radius 2 is 1.50 bits per heavy atom. The molecule has 7 nitrogen and oxygen atoms in total. The zero-order valence-electron chi connectivity index (χ0n) is 33.3. The fourth-order valence-corrected chi connectivity index (χ4v) is 12.9. The van der Waals surface area contributed by atoms with Gasteiger partial charge in [-0.1, -0.05) is 117 Å². The van der Waals surface area contributed by atoms with Crippen molar-refractivity contribution in [2.75, 3.05) is 19.7 Å². The Balaban J connectivity index is 1.07. The molecule has 3 N–H and O–H groups in total. The molecule has 6 aliphatic carbocycles. The van der Waals surface area contributed by atoms with Crippen molar-refractivity contribution in [1.29, 1.82) is 0 Å². The van der Waals surface area contributed by atoms with Crippen molar-refractivity contribution in [3.05, 3.63) is 120 Å². The average molecular weight is 755 g/mol. The van der Waals surface area contributed by atoms with Gasteiger partial charge in [0.05, 0.1) is 30.4 Å². The molecule has 10 rings (SSSR count). The Kier molecular flexibility index (Phi) is 9.26. The lowest BCUT2D eigenvalue weighted by Crippen LogP contribution is -2.67. The van der Waals surface area contributed by atoms with E-state index in [1.807, 2.05) is 84.6 Å². The first-order chi connectivity index (χ1) is 26.9. The summed E-state index contributed by atoms with van der Waals surface area (Å²) in [5, 5.41) is 27.6. The summed E-state index contributed by atoms with van der Waals surface area (Å²) in [7, 11) is 0. The second kappa shape index (κ2) is 13.8. The van der Waals surface area contributed by atoms with Crippen LogP contribution in [0, 0.1) is 33.5 Å². The number of ketones is 1. The van der Waals surface area contributed by atoms with Crippen LogP contribution in [-0.2, 0) is 4.74 Å². The minimum atomic E-state index is -1.17. The molecule has 3 aromatic carbocycles. The van der Waals surface area contributed by atoms with Crippen molar-refractivity contribution < 1.29 is 24.5 Å². The number of hydrogen-bond acceptors (Lipinski definition) is 5. The van der Waals surface area contributed by atoms with Crippen molar-refractivity contribution >= 4 is 11.8 Å². The van der Waals surface area contributed by atoms with Crippen LogP contribution in [0.5, 0.6) is 0 Å². The van der Waals surface area contributed by atoms with Gasteiger partial charge in [-0.2, -0.15) is 0 Å². The van der Waals surface area contributed by atoms with Crippen molar-refractivity contribution in [2.45, 2.75) is 102 Å². The Hall–Kier alpha value is -4.04. The fraction of sp³-hybridized carbons (Fsp3) is 0.510. The summed E-state index contributed by atoms with van der Waals surface area (Å²) in [5.74, 6) is 0.236. The number of aliphatic hydroxyl groups is 2. The minimum Gasteiger partial charge on any atom is -0.393 e. The van der Waals surface area contributed by atoms with Gasteiger partial charge in [-0.15, -0.1) is 0 Å². The summed E-state index contributed by atoms with van der Waals surface area (Å²) in [6.07, 6.45) is 13.7. The number of carbonyl (C=O) groups excluding carboxylic acids is 2. The van der Waals surface area contributed by atoms with Crippen molar-refractivity contribution in [3.63, 3.8) is 0 Å². The third-order valence-corrected chi connectivity index (χ3v) is 16.0. The predicted molar refractivity (Wildman–Crippen MR) is 219 cm³/mol.